The van der Waals surface area contributed by atoms with E-state index in [0.29, 0.717) is 29.1 Å². The highest BCUT2D eigenvalue weighted by atomic mass is 79.9. The molecule has 1 atom stereocenters. The molecular formula is C21H19BrO6. The highest BCUT2D eigenvalue weighted by molar-refractivity contribution is 9.10. The van der Waals surface area contributed by atoms with Crippen molar-refractivity contribution >= 4 is 32.9 Å². The number of hydrogen-bond acceptors (Lipinski definition) is 6. The summed E-state index contributed by atoms with van der Waals surface area (Å²) < 4.78 is 22.6. The topological polar surface area (TPSA) is 75.0 Å². The van der Waals surface area contributed by atoms with Crippen molar-refractivity contribution in [1.82, 2.24) is 0 Å². The third-order valence-corrected chi connectivity index (χ3v) is 4.52. The Labute approximate surface area is 170 Å². The number of carbonyl (C=O) groups excluding carboxylic acids is 1. The van der Waals surface area contributed by atoms with Gasteiger partial charge in [-0.3, -0.25) is 4.79 Å². The van der Waals surface area contributed by atoms with Gasteiger partial charge in [-0.2, -0.15) is 0 Å². The van der Waals surface area contributed by atoms with Crippen molar-refractivity contribution in [2.24, 2.45) is 0 Å². The van der Waals surface area contributed by atoms with Gasteiger partial charge < -0.3 is 18.6 Å². The summed E-state index contributed by atoms with van der Waals surface area (Å²) in [6.45, 7) is 3.87. The van der Waals surface area contributed by atoms with Gasteiger partial charge in [-0.1, -0.05) is 19.1 Å². The molecule has 0 N–H and O–H groups in total. The maximum atomic E-state index is 12.7. The Hall–Kier alpha value is -2.80. The van der Waals surface area contributed by atoms with Gasteiger partial charge in [-0.15, -0.1) is 0 Å². The predicted octanol–water partition coefficient (Wildman–Crippen LogP) is 5.07. The second kappa shape index (κ2) is 8.93. The Kier molecular flexibility index (Phi) is 6.36. The number of esters is 1. The molecule has 0 amide bonds. The third kappa shape index (κ3) is 4.54. The summed E-state index contributed by atoms with van der Waals surface area (Å²) in [5.74, 6) is 0.537. The van der Waals surface area contributed by atoms with Crippen molar-refractivity contribution in [2.45, 2.75) is 26.4 Å². The zero-order valence-corrected chi connectivity index (χ0v) is 17.0. The highest BCUT2D eigenvalue weighted by Crippen LogP contribution is 2.29. The molecule has 0 unspecified atom stereocenters. The Bertz CT molecular complexity index is 1040. The Morgan fingerprint density at radius 1 is 1.18 bits per heavy atom. The van der Waals surface area contributed by atoms with E-state index < -0.39 is 12.1 Å². The van der Waals surface area contributed by atoms with Crippen molar-refractivity contribution in [3.8, 4) is 17.2 Å². The number of halogens is 1. The minimum Gasteiger partial charge on any atom is -0.479 e. The van der Waals surface area contributed by atoms with Crippen molar-refractivity contribution in [3.05, 3.63) is 63.4 Å². The van der Waals surface area contributed by atoms with Crippen LogP contribution in [0.3, 0.4) is 0 Å². The van der Waals surface area contributed by atoms with E-state index >= 15 is 0 Å². The van der Waals surface area contributed by atoms with Crippen molar-refractivity contribution in [2.75, 3.05) is 6.61 Å². The van der Waals surface area contributed by atoms with Crippen LogP contribution in [0.2, 0.25) is 0 Å². The fourth-order valence-electron chi connectivity index (χ4n) is 2.45. The Balaban J connectivity index is 1.81. The molecule has 0 aliphatic carbocycles. The van der Waals surface area contributed by atoms with Gasteiger partial charge in [0.25, 0.3) is 0 Å². The van der Waals surface area contributed by atoms with Crippen molar-refractivity contribution in [3.63, 3.8) is 0 Å². The maximum Gasteiger partial charge on any atom is 0.347 e. The number of carbonyl (C=O) groups is 1. The Morgan fingerprint density at radius 3 is 2.71 bits per heavy atom. The van der Waals surface area contributed by atoms with Gasteiger partial charge in [0.05, 0.1) is 16.5 Å². The smallest absolute Gasteiger partial charge is 0.347 e. The quantitative estimate of drug-likeness (QED) is 0.471. The lowest BCUT2D eigenvalue weighted by molar-refractivity contribution is -0.151. The maximum absolute atomic E-state index is 12.7. The molecule has 3 rings (SSSR count). The van der Waals surface area contributed by atoms with Gasteiger partial charge in [0.2, 0.25) is 11.2 Å². The molecule has 0 spiro atoms. The van der Waals surface area contributed by atoms with Gasteiger partial charge in [0.1, 0.15) is 23.3 Å². The summed E-state index contributed by atoms with van der Waals surface area (Å²) in [4.78, 5) is 24.5. The van der Waals surface area contributed by atoms with Gasteiger partial charge in [0, 0.05) is 6.07 Å². The summed E-state index contributed by atoms with van der Waals surface area (Å²) >= 11 is 3.38. The molecule has 0 saturated heterocycles. The number of benzene rings is 2. The standard InChI is InChI=1S/C21H19BrO6/c1-3-10-25-21(24)13(2)27-14-8-9-15-18(11-14)26-12-19(20(15)23)28-17-7-5-4-6-16(17)22/h4-9,11-13H,3,10H2,1-2H3/t13-/m1/s1. The van der Waals surface area contributed by atoms with E-state index in [4.69, 9.17) is 18.6 Å². The van der Waals surface area contributed by atoms with Crippen LogP contribution in [-0.4, -0.2) is 18.7 Å². The first-order valence-electron chi connectivity index (χ1n) is 8.81. The average Bonchev–Trinajstić information content (AvgIpc) is 2.69. The number of rotatable bonds is 7. The number of hydrogen-bond donors (Lipinski definition) is 0. The summed E-state index contributed by atoms with van der Waals surface area (Å²) in [5.41, 5.74) is 0.0232. The molecule has 7 heteroatoms. The molecule has 6 nitrogen and oxygen atoms in total. The predicted molar refractivity (Wildman–Crippen MR) is 108 cm³/mol. The lowest BCUT2D eigenvalue weighted by Gasteiger charge is -2.14. The Morgan fingerprint density at radius 2 is 1.96 bits per heavy atom. The average molecular weight is 447 g/mol. The minimum absolute atomic E-state index is 0.0737. The third-order valence-electron chi connectivity index (χ3n) is 3.86. The van der Waals surface area contributed by atoms with Gasteiger partial charge in [-0.25, -0.2) is 4.79 Å². The fourth-order valence-corrected chi connectivity index (χ4v) is 2.82. The van der Waals surface area contributed by atoms with E-state index in [1.54, 1.807) is 37.3 Å². The van der Waals surface area contributed by atoms with Crippen molar-refractivity contribution < 1.29 is 23.4 Å². The van der Waals surface area contributed by atoms with E-state index in [1.807, 2.05) is 19.1 Å². The largest absolute Gasteiger partial charge is 0.479 e. The molecule has 28 heavy (non-hydrogen) atoms. The van der Waals surface area contributed by atoms with E-state index in [1.165, 1.54) is 6.26 Å². The molecule has 3 aromatic rings. The molecule has 146 valence electrons. The zero-order chi connectivity index (χ0) is 20.1. The van der Waals surface area contributed by atoms with E-state index in [-0.39, 0.29) is 11.2 Å². The molecule has 1 heterocycles. The number of ether oxygens (including phenoxy) is 3. The number of para-hydroxylation sites is 1. The first-order chi connectivity index (χ1) is 13.5. The molecular weight excluding hydrogens is 428 g/mol. The minimum atomic E-state index is -0.770. The summed E-state index contributed by atoms with van der Waals surface area (Å²) in [5, 5.41) is 0.345. The molecule has 0 aliphatic rings. The van der Waals surface area contributed by atoms with Gasteiger partial charge >= 0.3 is 5.97 Å². The molecule has 0 radical (unpaired) electrons. The van der Waals surface area contributed by atoms with Gasteiger partial charge in [-0.05, 0) is 53.5 Å². The van der Waals surface area contributed by atoms with Gasteiger partial charge in [0.15, 0.2) is 6.10 Å². The van der Waals surface area contributed by atoms with E-state index in [0.717, 1.165) is 10.9 Å². The lowest BCUT2D eigenvalue weighted by atomic mass is 10.2. The lowest BCUT2D eigenvalue weighted by Crippen LogP contribution is -2.26. The SMILES string of the molecule is CCCOC(=O)[C@@H](C)Oc1ccc2c(=O)c(Oc3ccccc3Br)coc2c1. The first kappa shape index (κ1) is 19.9. The summed E-state index contributed by atoms with van der Waals surface area (Å²) in [6.07, 6.45) is 1.23. The van der Waals surface area contributed by atoms with Crippen LogP contribution in [0.15, 0.2) is 62.4 Å². The second-order valence-electron chi connectivity index (χ2n) is 6.05. The van der Waals surface area contributed by atoms with Crippen LogP contribution in [0, 0.1) is 0 Å². The molecule has 0 bridgehead atoms. The second-order valence-corrected chi connectivity index (χ2v) is 6.90. The monoisotopic (exact) mass is 446 g/mol. The molecule has 0 fully saturated rings. The highest BCUT2D eigenvalue weighted by Gasteiger charge is 2.17. The van der Waals surface area contributed by atoms with Crippen LogP contribution < -0.4 is 14.9 Å². The van der Waals surface area contributed by atoms with Crippen LogP contribution >= 0.6 is 15.9 Å². The summed E-state index contributed by atoms with van der Waals surface area (Å²) in [7, 11) is 0. The fraction of sp³-hybridized carbons (Fsp3) is 0.238. The normalized spacial score (nSPS) is 11.8. The van der Waals surface area contributed by atoms with E-state index in [2.05, 4.69) is 15.9 Å². The first-order valence-corrected chi connectivity index (χ1v) is 9.60. The van der Waals surface area contributed by atoms with Crippen LogP contribution in [0.4, 0.5) is 0 Å². The number of fused-ring (bicyclic) bond motifs is 1. The molecule has 1 aromatic heterocycles. The van der Waals surface area contributed by atoms with Crippen LogP contribution in [-0.2, 0) is 9.53 Å². The van der Waals surface area contributed by atoms with Crippen LogP contribution in [0.25, 0.3) is 11.0 Å². The van der Waals surface area contributed by atoms with Crippen LogP contribution in [0.5, 0.6) is 17.2 Å². The zero-order valence-electron chi connectivity index (χ0n) is 15.4. The molecule has 0 aliphatic heterocycles. The van der Waals surface area contributed by atoms with Crippen LogP contribution in [0.1, 0.15) is 20.3 Å². The summed E-state index contributed by atoms with van der Waals surface area (Å²) in [6, 6.07) is 11.9. The van der Waals surface area contributed by atoms with E-state index in [9.17, 15) is 9.59 Å². The molecule has 0 saturated carbocycles. The molecule has 2 aromatic carbocycles. The van der Waals surface area contributed by atoms with Crippen molar-refractivity contribution in [1.29, 1.82) is 0 Å².